The topological polar surface area (TPSA) is 24.9 Å². The van der Waals surface area contributed by atoms with Crippen molar-refractivity contribution in [1.82, 2.24) is 4.98 Å². The molecule has 0 aliphatic heterocycles. The number of halogens is 3. The van der Waals surface area contributed by atoms with E-state index < -0.39 is 17.6 Å². The molecule has 20 heavy (non-hydrogen) atoms. The smallest absolute Gasteiger partial charge is 0.251 e. The molecule has 1 heterocycles. The van der Waals surface area contributed by atoms with Crippen molar-refractivity contribution in [2.24, 2.45) is 0 Å². The van der Waals surface area contributed by atoms with Gasteiger partial charge in [-0.25, -0.2) is 8.78 Å². The van der Waals surface area contributed by atoms with Crippen molar-refractivity contribution < 1.29 is 13.2 Å². The largest absolute Gasteiger partial charge is 0.361 e. The highest BCUT2D eigenvalue weighted by Crippen LogP contribution is 2.32. The first-order valence-corrected chi connectivity index (χ1v) is 6.51. The predicted octanol–water partition coefficient (Wildman–Crippen LogP) is 3.99. The third-order valence-corrected chi connectivity index (χ3v) is 3.57. The summed E-state index contributed by atoms with van der Waals surface area (Å²) in [4.78, 5) is 3.31. The summed E-state index contributed by atoms with van der Waals surface area (Å²) >= 11 is 0. The van der Waals surface area contributed by atoms with Crippen LogP contribution in [0.5, 0.6) is 0 Å². The lowest BCUT2D eigenvalue weighted by molar-refractivity contribution is 0.464. The molecule has 1 aromatic carbocycles. The molecule has 1 atom stereocenters. The average Bonchev–Trinajstić information content (AvgIpc) is 2.45. The maximum Gasteiger partial charge on any atom is 0.251 e. The maximum atomic E-state index is 13.6. The fourth-order valence-electron chi connectivity index (χ4n) is 2.61. The molecule has 0 radical (unpaired) electrons. The van der Waals surface area contributed by atoms with Gasteiger partial charge in [-0.15, -0.1) is 0 Å². The summed E-state index contributed by atoms with van der Waals surface area (Å²) in [6, 6.07) is 8.24. The normalized spacial score (nSPS) is 17.6. The van der Waals surface area contributed by atoms with Crippen LogP contribution in [0, 0.1) is 17.6 Å². The Kier molecular flexibility index (Phi) is 3.34. The summed E-state index contributed by atoms with van der Waals surface area (Å²) in [5.41, 5.74) is 2.25. The first kappa shape index (κ1) is 13.0. The predicted molar refractivity (Wildman–Crippen MR) is 69.9 cm³/mol. The van der Waals surface area contributed by atoms with E-state index in [1.165, 1.54) is 5.56 Å². The van der Waals surface area contributed by atoms with E-state index in [2.05, 4.69) is 10.3 Å². The number of nitrogens with zero attached hydrogens (tertiary/aromatic N) is 1. The molecule has 1 aromatic heterocycles. The van der Waals surface area contributed by atoms with Crippen LogP contribution in [0.3, 0.4) is 0 Å². The molecule has 0 saturated carbocycles. The molecule has 1 N–H and O–H groups in total. The van der Waals surface area contributed by atoms with E-state index in [1.54, 1.807) is 0 Å². The molecule has 0 spiro atoms. The van der Waals surface area contributed by atoms with Gasteiger partial charge in [-0.1, -0.05) is 24.3 Å². The van der Waals surface area contributed by atoms with Crippen molar-refractivity contribution in [2.75, 3.05) is 5.32 Å². The van der Waals surface area contributed by atoms with Gasteiger partial charge in [0.1, 0.15) is 0 Å². The molecular formula is C15H13F3N2. The van der Waals surface area contributed by atoms with Gasteiger partial charge in [0.2, 0.25) is 0 Å². The van der Waals surface area contributed by atoms with E-state index in [0.29, 0.717) is 6.07 Å². The second-order valence-corrected chi connectivity index (χ2v) is 4.88. The first-order chi connectivity index (χ1) is 9.65. The zero-order chi connectivity index (χ0) is 14.1. The number of fused-ring (bicyclic) bond motifs is 1. The number of pyridine rings is 1. The van der Waals surface area contributed by atoms with E-state index in [-0.39, 0.29) is 11.9 Å². The minimum Gasteiger partial charge on any atom is -0.361 e. The lowest BCUT2D eigenvalue weighted by atomic mass is 9.88. The summed E-state index contributed by atoms with van der Waals surface area (Å²) in [5, 5.41) is 2.88. The number of anilines is 1. The van der Waals surface area contributed by atoms with Crippen LogP contribution < -0.4 is 5.32 Å². The molecule has 1 unspecified atom stereocenters. The van der Waals surface area contributed by atoms with Crippen molar-refractivity contribution >= 4 is 5.82 Å². The van der Waals surface area contributed by atoms with Crippen LogP contribution in [-0.2, 0) is 6.42 Å². The van der Waals surface area contributed by atoms with E-state index in [4.69, 9.17) is 0 Å². The summed E-state index contributed by atoms with van der Waals surface area (Å²) < 4.78 is 39.6. The van der Waals surface area contributed by atoms with Crippen molar-refractivity contribution in [3.05, 3.63) is 59.0 Å². The van der Waals surface area contributed by atoms with E-state index in [1.807, 2.05) is 24.3 Å². The Morgan fingerprint density at radius 1 is 1.10 bits per heavy atom. The molecule has 0 amide bonds. The molecule has 104 valence electrons. The fraction of sp³-hybridized carbons (Fsp3) is 0.267. The van der Waals surface area contributed by atoms with Crippen molar-refractivity contribution in [2.45, 2.75) is 25.3 Å². The minimum absolute atomic E-state index is 0.133. The van der Waals surface area contributed by atoms with Crippen molar-refractivity contribution in [3.63, 3.8) is 0 Å². The Labute approximate surface area is 114 Å². The Bertz CT molecular complexity index is 643. The number of nitrogens with one attached hydrogen (secondary N) is 1. The lowest BCUT2D eigenvalue weighted by Gasteiger charge is -2.26. The zero-order valence-corrected chi connectivity index (χ0v) is 10.7. The lowest BCUT2D eigenvalue weighted by Crippen LogP contribution is -2.19. The van der Waals surface area contributed by atoms with Crippen LogP contribution in [0.25, 0.3) is 0 Å². The van der Waals surface area contributed by atoms with Gasteiger partial charge in [0.25, 0.3) is 5.95 Å². The average molecular weight is 278 g/mol. The van der Waals surface area contributed by atoms with Gasteiger partial charge in [0.05, 0.1) is 6.04 Å². The number of benzene rings is 1. The Morgan fingerprint density at radius 3 is 2.75 bits per heavy atom. The highest BCUT2D eigenvalue weighted by molar-refractivity contribution is 5.43. The number of hydrogen-bond acceptors (Lipinski definition) is 2. The fourth-order valence-corrected chi connectivity index (χ4v) is 2.61. The van der Waals surface area contributed by atoms with Crippen molar-refractivity contribution in [3.8, 4) is 0 Å². The Morgan fingerprint density at radius 2 is 1.90 bits per heavy atom. The van der Waals surface area contributed by atoms with E-state index in [9.17, 15) is 13.2 Å². The summed E-state index contributed by atoms with van der Waals surface area (Å²) in [5.74, 6) is -3.70. The monoisotopic (exact) mass is 278 g/mol. The Balaban J connectivity index is 1.91. The van der Waals surface area contributed by atoms with Gasteiger partial charge in [0, 0.05) is 6.07 Å². The molecule has 5 heteroatoms. The highest BCUT2D eigenvalue weighted by Gasteiger charge is 2.22. The van der Waals surface area contributed by atoms with Gasteiger partial charge in [-0.3, -0.25) is 0 Å². The molecule has 1 aliphatic rings. The highest BCUT2D eigenvalue weighted by atomic mass is 19.2. The summed E-state index contributed by atoms with van der Waals surface area (Å²) in [6.07, 6.45) is 2.74. The van der Waals surface area contributed by atoms with Gasteiger partial charge in [-0.05, 0) is 30.4 Å². The number of rotatable bonds is 2. The van der Waals surface area contributed by atoms with E-state index >= 15 is 0 Å². The second kappa shape index (κ2) is 5.15. The maximum absolute atomic E-state index is 13.6. The molecule has 1 aliphatic carbocycles. The third-order valence-electron chi connectivity index (χ3n) is 3.57. The quantitative estimate of drug-likeness (QED) is 0.840. The SMILES string of the molecule is Fc1cc(F)c(NC2CCCc3ccccc32)nc1F. The summed E-state index contributed by atoms with van der Waals surface area (Å²) in [7, 11) is 0. The number of aromatic nitrogens is 1. The second-order valence-electron chi connectivity index (χ2n) is 4.88. The van der Waals surface area contributed by atoms with Crippen molar-refractivity contribution in [1.29, 1.82) is 0 Å². The van der Waals surface area contributed by atoms with Gasteiger partial charge >= 0.3 is 0 Å². The zero-order valence-electron chi connectivity index (χ0n) is 10.7. The van der Waals surface area contributed by atoms with Gasteiger partial charge < -0.3 is 5.32 Å². The molecule has 3 rings (SSSR count). The number of aryl methyl sites for hydroxylation is 1. The Hall–Kier alpha value is -2.04. The van der Waals surface area contributed by atoms with Crippen LogP contribution in [0.4, 0.5) is 19.0 Å². The third kappa shape index (κ3) is 2.35. The van der Waals surface area contributed by atoms with Gasteiger partial charge in [0.15, 0.2) is 17.5 Å². The minimum atomic E-state index is -1.29. The van der Waals surface area contributed by atoms with E-state index in [0.717, 1.165) is 24.8 Å². The first-order valence-electron chi connectivity index (χ1n) is 6.51. The molecule has 0 bridgehead atoms. The van der Waals surface area contributed by atoms with Crippen LogP contribution in [0.1, 0.15) is 30.0 Å². The van der Waals surface area contributed by atoms with Crippen LogP contribution in [0.2, 0.25) is 0 Å². The molecule has 0 fully saturated rings. The van der Waals surface area contributed by atoms with Gasteiger partial charge in [-0.2, -0.15) is 9.37 Å². The molecule has 0 saturated heterocycles. The standard InChI is InChI=1S/C15H13F3N2/c16-11-8-12(17)15(20-14(11)18)19-13-7-3-5-9-4-1-2-6-10(9)13/h1-2,4,6,8,13H,3,5,7H2,(H,19,20). The molecule has 2 nitrogen and oxygen atoms in total. The molecule has 2 aromatic rings. The van der Waals surface area contributed by atoms with Crippen LogP contribution in [-0.4, -0.2) is 4.98 Å². The van der Waals surface area contributed by atoms with Crippen LogP contribution >= 0.6 is 0 Å². The molecular weight excluding hydrogens is 265 g/mol. The number of hydrogen-bond donors (Lipinski definition) is 1. The van der Waals surface area contributed by atoms with Crippen LogP contribution in [0.15, 0.2) is 30.3 Å². The summed E-state index contributed by atoms with van der Waals surface area (Å²) in [6.45, 7) is 0.